The van der Waals surface area contributed by atoms with Gasteiger partial charge in [-0.2, -0.15) is 0 Å². The molecule has 0 saturated carbocycles. The zero-order valence-corrected chi connectivity index (χ0v) is 13.0. The summed E-state index contributed by atoms with van der Waals surface area (Å²) < 4.78 is 5.08. The Morgan fingerprint density at radius 2 is 1.65 bits per heavy atom. The zero-order chi connectivity index (χ0) is 16.4. The molecule has 0 spiro atoms. The lowest BCUT2D eigenvalue weighted by atomic mass is 10.2. The number of imide groups is 1. The molecule has 0 bridgehead atoms. The Balaban J connectivity index is 1.79. The third-order valence-corrected chi connectivity index (χ3v) is 3.63. The number of hydrogen-bond acceptors (Lipinski definition) is 4. The molecule has 0 saturated heterocycles. The second-order valence-corrected chi connectivity index (χ2v) is 5.30. The lowest BCUT2D eigenvalue weighted by Gasteiger charge is -2.15. The number of hydrogen-bond donors (Lipinski definition) is 1. The van der Waals surface area contributed by atoms with Gasteiger partial charge in [0.1, 0.15) is 11.4 Å². The van der Waals surface area contributed by atoms with Crippen LogP contribution in [0.3, 0.4) is 0 Å². The number of amides is 2. The van der Waals surface area contributed by atoms with E-state index in [4.69, 9.17) is 16.3 Å². The Morgan fingerprint density at radius 1 is 1.00 bits per heavy atom. The molecular weight excluding hydrogens is 316 g/mol. The number of carbonyl (C=O) groups is 2. The molecule has 0 aliphatic carbocycles. The van der Waals surface area contributed by atoms with Crippen LogP contribution < -0.4 is 15.0 Å². The van der Waals surface area contributed by atoms with Crippen LogP contribution in [0.15, 0.2) is 60.3 Å². The first-order valence-corrected chi connectivity index (χ1v) is 7.23. The molecular formula is C17H13ClN2O3. The lowest BCUT2D eigenvalue weighted by Crippen LogP contribution is -2.31. The van der Waals surface area contributed by atoms with Crippen molar-refractivity contribution in [3.05, 3.63) is 65.3 Å². The van der Waals surface area contributed by atoms with Gasteiger partial charge in [0.25, 0.3) is 11.8 Å². The molecule has 116 valence electrons. The highest BCUT2D eigenvalue weighted by molar-refractivity contribution is 6.32. The fourth-order valence-electron chi connectivity index (χ4n) is 2.22. The van der Waals surface area contributed by atoms with Gasteiger partial charge < -0.3 is 10.1 Å². The molecule has 0 atom stereocenters. The second-order valence-electron chi connectivity index (χ2n) is 4.87. The van der Waals surface area contributed by atoms with Crippen molar-refractivity contribution in [1.29, 1.82) is 0 Å². The minimum atomic E-state index is -0.409. The van der Waals surface area contributed by atoms with E-state index in [9.17, 15) is 9.59 Å². The molecule has 5 nitrogen and oxygen atoms in total. The molecule has 6 heteroatoms. The molecule has 0 fully saturated rings. The van der Waals surface area contributed by atoms with Crippen molar-refractivity contribution in [1.82, 2.24) is 0 Å². The van der Waals surface area contributed by atoms with Gasteiger partial charge in [-0.3, -0.25) is 9.59 Å². The summed E-state index contributed by atoms with van der Waals surface area (Å²) in [5.74, 6) is -0.0948. The molecule has 1 N–H and O–H groups in total. The highest BCUT2D eigenvalue weighted by atomic mass is 35.5. The molecule has 3 rings (SSSR count). The fraction of sp³-hybridized carbons (Fsp3) is 0.0588. The maximum absolute atomic E-state index is 12.4. The lowest BCUT2D eigenvalue weighted by molar-refractivity contribution is -0.120. The average Bonchev–Trinajstić information content (AvgIpc) is 2.83. The Morgan fingerprint density at radius 3 is 2.26 bits per heavy atom. The van der Waals surface area contributed by atoms with Crippen LogP contribution >= 0.6 is 11.6 Å². The predicted octanol–water partition coefficient (Wildman–Crippen LogP) is 3.22. The van der Waals surface area contributed by atoms with Crippen LogP contribution in [0.25, 0.3) is 0 Å². The largest absolute Gasteiger partial charge is 0.497 e. The molecule has 0 aromatic heterocycles. The monoisotopic (exact) mass is 328 g/mol. The van der Waals surface area contributed by atoms with E-state index in [0.717, 1.165) is 4.90 Å². The number of carbonyl (C=O) groups excluding carboxylic acids is 2. The number of nitrogens with zero attached hydrogens (tertiary/aromatic N) is 1. The second kappa shape index (κ2) is 6.14. The number of benzene rings is 2. The van der Waals surface area contributed by atoms with Crippen molar-refractivity contribution >= 4 is 34.8 Å². The summed E-state index contributed by atoms with van der Waals surface area (Å²) in [6.45, 7) is 0. The summed E-state index contributed by atoms with van der Waals surface area (Å²) >= 11 is 5.83. The summed E-state index contributed by atoms with van der Waals surface area (Å²) in [6.07, 6.45) is 1.28. The first kappa shape index (κ1) is 15.1. The van der Waals surface area contributed by atoms with Crippen LogP contribution in [0.4, 0.5) is 11.4 Å². The van der Waals surface area contributed by atoms with Gasteiger partial charge in [0.15, 0.2) is 0 Å². The van der Waals surface area contributed by atoms with Crippen LogP contribution in [-0.2, 0) is 9.59 Å². The fourth-order valence-corrected chi connectivity index (χ4v) is 2.35. The number of rotatable bonds is 4. The van der Waals surface area contributed by atoms with Crippen molar-refractivity contribution in [3.8, 4) is 5.75 Å². The smallest absolute Gasteiger partial charge is 0.281 e. The van der Waals surface area contributed by atoms with E-state index in [0.29, 0.717) is 22.1 Å². The van der Waals surface area contributed by atoms with Crippen molar-refractivity contribution in [2.45, 2.75) is 0 Å². The maximum atomic E-state index is 12.4. The Kier molecular flexibility index (Phi) is 4.04. The number of anilines is 2. The molecule has 2 amide bonds. The zero-order valence-electron chi connectivity index (χ0n) is 12.2. The van der Waals surface area contributed by atoms with Crippen molar-refractivity contribution in [2.75, 3.05) is 17.3 Å². The van der Waals surface area contributed by atoms with Gasteiger partial charge in [-0.15, -0.1) is 0 Å². The van der Waals surface area contributed by atoms with Crippen LogP contribution in [0.5, 0.6) is 5.75 Å². The van der Waals surface area contributed by atoms with Crippen LogP contribution in [0.2, 0.25) is 5.02 Å². The highest BCUT2D eigenvalue weighted by Gasteiger charge is 2.32. The molecule has 2 aromatic rings. The Hall–Kier alpha value is -2.79. The van der Waals surface area contributed by atoms with E-state index < -0.39 is 11.8 Å². The topological polar surface area (TPSA) is 58.6 Å². The van der Waals surface area contributed by atoms with Gasteiger partial charge >= 0.3 is 0 Å². The number of methoxy groups -OCH3 is 1. The molecule has 0 unspecified atom stereocenters. The van der Waals surface area contributed by atoms with E-state index in [1.165, 1.54) is 6.08 Å². The molecule has 1 heterocycles. The average molecular weight is 329 g/mol. The normalized spacial score (nSPS) is 14.0. The van der Waals surface area contributed by atoms with E-state index >= 15 is 0 Å². The molecule has 0 radical (unpaired) electrons. The molecule has 2 aromatic carbocycles. The summed E-state index contributed by atoms with van der Waals surface area (Å²) in [5, 5.41) is 3.49. The summed E-state index contributed by atoms with van der Waals surface area (Å²) in [4.78, 5) is 25.7. The number of nitrogens with one attached hydrogen (secondary N) is 1. The van der Waals surface area contributed by atoms with Crippen molar-refractivity contribution < 1.29 is 14.3 Å². The van der Waals surface area contributed by atoms with E-state index in [1.54, 1.807) is 55.6 Å². The first-order chi connectivity index (χ1) is 11.1. The van der Waals surface area contributed by atoms with Crippen molar-refractivity contribution in [3.63, 3.8) is 0 Å². The highest BCUT2D eigenvalue weighted by Crippen LogP contribution is 2.25. The molecule has 23 heavy (non-hydrogen) atoms. The Labute approximate surface area is 138 Å². The first-order valence-electron chi connectivity index (χ1n) is 6.85. The SMILES string of the molecule is COc1ccc(NC2=CC(=O)N(c3ccc(Cl)cc3)C2=O)cc1. The third kappa shape index (κ3) is 3.05. The quantitative estimate of drug-likeness (QED) is 0.875. The van der Waals surface area contributed by atoms with Crippen LogP contribution in [-0.4, -0.2) is 18.9 Å². The van der Waals surface area contributed by atoms with Gasteiger partial charge in [-0.05, 0) is 48.5 Å². The third-order valence-electron chi connectivity index (χ3n) is 3.38. The van der Waals surface area contributed by atoms with Crippen molar-refractivity contribution in [2.24, 2.45) is 0 Å². The van der Waals surface area contributed by atoms with E-state index in [2.05, 4.69) is 5.32 Å². The minimum Gasteiger partial charge on any atom is -0.497 e. The number of ether oxygens (including phenoxy) is 1. The number of halogens is 1. The van der Waals surface area contributed by atoms with Crippen LogP contribution in [0.1, 0.15) is 0 Å². The van der Waals surface area contributed by atoms with Gasteiger partial charge in [0, 0.05) is 16.8 Å². The van der Waals surface area contributed by atoms with E-state index in [-0.39, 0.29) is 5.70 Å². The van der Waals surface area contributed by atoms with Gasteiger partial charge in [-0.1, -0.05) is 11.6 Å². The minimum absolute atomic E-state index is 0.218. The summed E-state index contributed by atoms with van der Waals surface area (Å²) in [5.41, 5.74) is 1.39. The molecule has 1 aliphatic rings. The standard InChI is InChI=1S/C17H13ClN2O3/c1-23-14-8-4-12(5-9-14)19-15-10-16(21)20(17(15)22)13-6-2-11(18)3-7-13/h2-10,19H,1H3. The summed E-state index contributed by atoms with van der Waals surface area (Å²) in [7, 11) is 1.58. The van der Waals surface area contributed by atoms with Crippen LogP contribution in [0, 0.1) is 0 Å². The maximum Gasteiger partial charge on any atom is 0.281 e. The molecule has 1 aliphatic heterocycles. The van der Waals surface area contributed by atoms with E-state index in [1.807, 2.05) is 0 Å². The van der Waals surface area contributed by atoms with Gasteiger partial charge in [0.2, 0.25) is 0 Å². The predicted molar refractivity (Wildman–Crippen MR) is 88.6 cm³/mol. The van der Waals surface area contributed by atoms with Gasteiger partial charge in [0.05, 0.1) is 12.8 Å². The van der Waals surface area contributed by atoms with Gasteiger partial charge in [-0.25, -0.2) is 4.90 Å². The summed E-state index contributed by atoms with van der Waals surface area (Å²) in [6, 6.07) is 13.6. The Bertz CT molecular complexity index is 782.